The van der Waals surface area contributed by atoms with Gasteiger partial charge in [-0.25, -0.2) is 4.98 Å². The molecule has 2 aromatic carbocycles. The molecule has 162 valence electrons. The summed E-state index contributed by atoms with van der Waals surface area (Å²) in [5.41, 5.74) is 1.37. The number of aromatic nitrogens is 4. The maximum atomic E-state index is 12.6. The van der Waals surface area contributed by atoms with E-state index in [1.807, 2.05) is 30.3 Å². The molecule has 2 aromatic heterocycles. The number of methoxy groups -OCH3 is 1. The van der Waals surface area contributed by atoms with E-state index in [-0.39, 0.29) is 23.9 Å². The third-order valence-electron chi connectivity index (χ3n) is 5.65. The third kappa shape index (κ3) is 3.73. The second kappa shape index (κ2) is 8.26. The van der Waals surface area contributed by atoms with Crippen molar-refractivity contribution in [1.82, 2.24) is 24.6 Å². The van der Waals surface area contributed by atoms with Gasteiger partial charge in [0, 0.05) is 25.1 Å². The summed E-state index contributed by atoms with van der Waals surface area (Å²) in [7, 11) is 1.63. The van der Waals surface area contributed by atoms with Gasteiger partial charge in [0.2, 0.25) is 11.8 Å². The number of ether oxygens (including phenoxy) is 1. The Balaban J connectivity index is 1.21. The van der Waals surface area contributed by atoms with Crippen molar-refractivity contribution in [3.8, 4) is 5.75 Å². The minimum atomic E-state index is -0.223. The van der Waals surface area contributed by atoms with Gasteiger partial charge in [-0.15, -0.1) is 0 Å². The Bertz CT molecular complexity index is 1340. The number of carbonyl (C=O) groups is 1. The van der Waals surface area contributed by atoms with Gasteiger partial charge in [0.15, 0.2) is 5.82 Å². The first-order valence-corrected chi connectivity index (χ1v) is 10.3. The second-order valence-corrected chi connectivity index (χ2v) is 7.73. The van der Waals surface area contributed by atoms with Crippen LogP contribution in [0.5, 0.6) is 5.75 Å². The van der Waals surface area contributed by atoms with Gasteiger partial charge in [0.1, 0.15) is 12.3 Å². The largest absolute Gasteiger partial charge is 0.496 e. The molecule has 3 heterocycles. The van der Waals surface area contributed by atoms with Gasteiger partial charge in [-0.05, 0) is 18.2 Å². The first kappa shape index (κ1) is 19.9. The number of hydrogen-bond acceptors (Lipinski definition) is 7. The SMILES string of the molecule is COc1ccccc1Cc1noc(C2CN(C(=O)Cn3cnc4ccccc4c3=O)C2)n1. The lowest BCUT2D eigenvalue weighted by molar-refractivity contribution is -0.136. The highest BCUT2D eigenvalue weighted by atomic mass is 16.5. The van der Waals surface area contributed by atoms with Crippen LogP contribution in [0.4, 0.5) is 0 Å². The molecule has 9 nitrogen and oxygen atoms in total. The zero-order chi connectivity index (χ0) is 22.1. The number of nitrogens with zero attached hydrogens (tertiary/aromatic N) is 5. The fourth-order valence-corrected chi connectivity index (χ4v) is 3.83. The van der Waals surface area contributed by atoms with Gasteiger partial charge in [-0.2, -0.15) is 4.98 Å². The van der Waals surface area contributed by atoms with Gasteiger partial charge in [-0.1, -0.05) is 35.5 Å². The minimum absolute atomic E-state index is 0.00989. The van der Waals surface area contributed by atoms with Gasteiger partial charge in [-0.3, -0.25) is 14.2 Å². The zero-order valence-corrected chi connectivity index (χ0v) is 17.5. The average molecular weight is 431 g/mol. The molecule has 0 saturated carbocycles. The molecular weight excluding hydrogens is 410 g/mol. The van der Waals surface area contributed by atoms with Crippen molar-refractivity contribution in [2.75, 3.05) is 20.2 Å². The van der Waals surface area contributed by atoms with E-state index in [4.69, 9.17) is 9.26 Å². The number of para-hydroxylation sites is 2. The lowest BCUT2D eigenvalue weighted by atomic mass is 10.00. The van der Waals surface area contributed by atoms with Crippen LogP contribution in [-0.4, -0.2) is 50.7 Å². The lowest BCUT2D eigenvalue weighted by Crippen LogP contribution is -2.50. The maximum Gasteiger partial charge on any atom is 0.261 e. The zero-order valence-electron chi connectivity index (χ0n) is 17.5. The summed E-state index contributed by atoms with van der Waals surface area (Å²) in [6.45, 7) is 0.905. The Morgan fingerprint density at radius 1 is 1.16 bits per heavy atom. The number of hydrogen-bond donors (Lipinski definition) is 0. The molecule has 0 unspecified atom stereocenters. The highest BCUT2D eigenvalue weighted by Gasteiger charge is 2.35. The van der Waals surface area contributed by atoms with Gasteiger partial charge in [0.25, 0.3) is 5.56 Å². The molecule has 0 spiro atoms. The number of amides is 1. The Labute approximate surface area is 183 Å². The van der Waals surface area contributed by atoms with E-state index >= 15 is 0 Å². The summed E-state index contributed by atoms with van der Waals surface area (Å²) in [4.78, 5) is 35.7. The van der Waals surface area contributed by atoms with Crippen LogP contribution in [0.25, 0.3) is 10.9 Å². The standard InChI is InChI=1S/C23H21N5O4/c1-31-19-9-5-2-6-15(19)10-20-25-22(32-26-20)16-11-27(12-16)21(29)13-28-14-24-18-8-4-3-7-17(18)23(28)30/h2-9,14,16H,10-13H2,1H3. The maximum absolute atomic E-state index is 12.6. The van der Waals surface area contributed by atoms with Crippen LogP contribution < -0.4 is 10.3 Å². The first-order chi connectivity index (χ1) is 15.6. The summed E-state index contributed by atoms with van der Waals surface area (Å²) in [6.07, 6.45) is 1.92. The summed E-state index contributed by atoms with van der Waals surface area (Å²) in [6, 6.07) is 14.8. The predicted molar refractivity (Wildman–Crippen MR) is 115 cm³/mol. The fourth-order valence-electron chi connectivity index (χ4n) is 3.83. The molecule has 4 aromatic rings. The highest BCUT2D eigenvalue weighted by molar-refractivity contribution is 5.79. The molecule has 1 fully saturated rings. The van der Waals surface area contributed by atoms with Gasteiger partial charge < -0.3 is 14.2 Å². The van der Waals surface area contributed by atoms with E-state index in [0.29, 0.717) is 42.1 Å². The van der Waals surface area contributed by atoms with Crippen molar-refractivity contribution in [3.63, 3.8) is 0 Å². The molecule has 1 saturated heterocycles. The molecule has 1 amide bonds. The van der Waals surface area contributed by atoms with E-state index in [1.165, 1.54) is 10.9 Å². The smallest absolute Gasteiger partial charge is 0.261 e. The van der Waals surface area contributed by atoms with Crippen LogP contribution in [0.15, 0.2) is 64.2 Å². The molecule has 0 N–H and O–H groups in total. The monoisotopic (exact) mass is 431 g/mol. The Hall–Kier alpha value is -4.01. The average Bonchev–Trinajstić information content (AvgIpc) is 3.23. The topological polar surface area (TPSA) is 103 Å². The minimum Gasteiger partial charge on any atom is -0.496 e. The van der Waals surface area contributed by atoms with Crippen molar-refractivity contribution in [2.45, 2.75) is 18.9 Å². The molecule has 32 heavy (non-hydrogen) atoms. The summed E-state index contributed by atoms with van der Waals surface area (Å²) in [5.74, 6) is 1.71. The van der Waals surface area contributed by atoms with E-state index in [1.54, 1.807) is 30.2 Å². The number of benzene rings is 2. The van der Waals surface area contributed by atoms with Crippen LogP contribution in [0.2, 0.25) is 0 Å². The third-order valence-corrected chi connectivity index (χ3v) is 5.65. The van der Waals surface area contributed by atoms with Crippen molar-refractivity contribution in [3.05, 3.63) is 82.5 Å². The summed E-state index contributed by atoms with van der Waals surface area (Å²) >= 11 is 0. The van der Waals surface area contributed by atoms with Gasteiger partial charge >= 0.3 is 0 Å². The molecule has 1 aliphatic rings. The predicted octanol–water partition coefficient (Wildman–Crippen LogP) is 2.00. The molecule has 9 heteroatoms. The van der Waals surface area contributed by atoms with Crippen LogP contribution in [0.3, 0.4) is 0 Å². The molecule has 5 rings (SSSR count). The number of rotatable bonds is 6. The van der Waals surface area contributed by atoms with Crippen LogP contribution >= 0.6 is 0 Å². The normalized spacial score (nSPS) is 13.8. The fraction of sp³-hybridized carbons (Fsp3) is 0.261. The van der Waals surface area contributed by atoms with E-state index in [2.05, 4.69) is 15.1 Å². The van der Waals surface area contributed by atoms with Crippen molar-refractivity contribution >= 4 is 16.8 Å². The Kier molecular flexibility index (Phi) is 5.14. The van der Waals surface area contributed by atoms with Crippen LogP contribution in [0.1, 0.15) is 23.2 Å². The molecule has 0 radical (unpaired) electrons. The summed E-state index contributed by atoms with van der Waals surface area (Å²) in [5, 5.41) is 4.57. The lowest BCUT2D eigenvalue weighted by Gasteiger charge is -2.37. The van der Waals surface area contributed by atoms with E-state index < -0.39 is 0 Å². The number of fused-ring (bicyclic) bond motifs is 1. The quantitative estimate of drug-likeness (QED) is 0.460. The second-order valence-electron chi connectivity index (χ2n) is 7.73. The molecular formula is C23H21N5O4. The molecule has 0 bridgehead atoms. The molecule has 0 atom stereocenters. The highest BCUT2D eigenvalue weighted by Crippen LogP contribution is 2.27. The van der Waals surface area contributed by atoms with E-state index in [0.717, 1.165) is 11.3 Å². The van der Waals surface area contributed by atoms with Crippen LogP contribution in [0, 0.1) is 0 Å². The Morgan fingerprint density at radius 2 is 1.94 bits per heavy atom. The van der Waals surface area contributed by atoms with Crippen LogP contribution in [-0.2, 0) is 17.8 Å². The van der Waals surface area contributed by atoms with E-state index in [9.17, 15) is 9.59 Å². The Morgan fingerprint density at radius 3 is 2.78 bits per heavy atom. The number of likely N-dealkylation sites (tertiary alicyclic amines) is 1. The van der Waals surface area contributed by atoms with Gasteiger partial charge in [0.05, 0.1) is 30.3 Å². The van der Waals surface area contributed by atoms with Crippen molar-refractivity contribution < 1.29 is 14.1 Å². The van der Waals surface area contributed by atoms with Crippen molar-refractivity contribution in [1.29, 1.82) is 0 Å². The summed E-state index contributed by atoms with van der Waals surface area (Å²) < 4.78 is 12.1. The molecule has 0 aliphatic carbocycles. The first-order valence-electron chi connectivity index (χ1n) is 10.3. The number of carbonyl (C=O) groups excluding carboxylic acids is 1. The molecule has 1 aliphatic heterocycles. The van der Waals surface area contributed by atoms with Crippen molar-refractivity contribution in [2.24, 2.45) is 0 Å².